The van der Waals surface area contributed by atoms with Gasteiger partial charge in [-0.05, 0) is 26.3 Å². The van der Waals surface area contributed by atoms with Gasteiger partial charge in [0.15, 0.2) is 0 Å². The zero-order chi connectivity index (χ0) is 15.4. The molecule has 1 aliphatic carbocycles. The van der Waals surface area contributed by atoms with Gasteiger partial charge >= 0.3 is 5.69 Å². The highest BCUT2D eigenvalue weighted by Gasteiger charge is 2.27. The lowest BCUT2D eigenvalue weighted by Crippen LogP contribution is -2.31. The first-order valence-corrected chi connectivity index (χ1v) is 7.04. The average Bonchev–Trinajstić information content (AvgIpc) is 3.27. The molecule has 0 saturated heterocycles. The number of anilines is 2. The van der Waals surface area contributed by atoms with Gasteiger partial charge in [-0.15, -0.1) is 0 Å². The Bertz CT molecular complexity index is 519. The number of nitrogen functional groups attached to an aromatic ring is 1. The topological polar surface area (TPSA) is 122 Å². The third-order valence-corrected chi connectivity index (χ3v) is 3.53. The molecular weight excluding hydrogens is 274 g/mol. The van der Waals surface area contributed by atoms with Crippen molar-refractivity contribution in [3.63, 3.8) is 0 Å². The highest BCUT2D eigenvalue weighted by atomic mass is 16.6. The molecule has 4 N–H and O–H groups in total. The van der Waals surface area contributed by atoms with Crippen molar-refractivity contribution in [2.75, 3.05) is 30.4 Å². The lowest BCUT2D eigenvalue weighted by atomic mass is 10.3. The van der Waals surface area contributed by atoms with Crippen LogP contribution in [-0.4, -0.2) is 45.5 Å². The van der Waals surface area contributed by atoms with E-state index >= 15 is 0 Å². The van der Waals surface area contributed by atoms with E-state index in [0.29, 0.717) is 12.6 Å². The molecule has 9 nitrogen and oxygen atoms in total. The van der Waals surface area contributed by atoms with Gasteiger partial charge in [-0.3, -0.25) is 20.4 Å². The van der Waals surface area contributed by atoms with Crippen molar-refractivity contribution < 1.29 is 4.92 Å². The summed E-state index contributed by atoms with van der Waals surface area (Å²) in [4.78, 5) is 21.0. The smallest absolute Gasteiger partial charge is 0.332 e. The molecule has 1 heterocycles. The summed E-state index contributed by atoms with van der Waals surface area (Å²) in [6.45, 7) is 6.08. The Kier molecular flexibility index (Phi) is 4.86. The molecule has 1 saturated carbocycles. The molecule has 1 aromatic rings. The minimum atomic E-state index is -0.476. The molecule has 21 heavy (non-hydrogen) atoms. The number of nitro groups is 1. The Hall–Kier alpha value is -2.00. The molecule has 1 aliphatic rings. The van der Waals surface area contributed by atoms with Gasteiger partial charge in [-0.2, -0.15) is 4.98 Å². The fraction of sp³-hybridized carbons (Fsp3) is 0.667. The maximum absolute atomic E-state index is 11.1. The summed E-state index contributed by atoms with van der Waals surface area (Å²) in [7, 11) is 0. The van der Waals surface area contributed by atoms with Crippen LogP contribution < -0.4 is 16.6 Å². The highest BCUT2D eigenvalue weighted by molar-refractivity contribution is 5.60. The second-order valence-corrected chi connectivity index (χ2v) is 5.02. The number of rotatable bonds is 8. The van der Waals surface area contributed by atoms with E-state index < -0.39 is 4.92 Å². The minimum Gasteiger partial charge on any atom is -0.363 e. The lowest BCUT2D eigenvalue weighted by Gasteiger charge is -2.20. The zero-order valence-electron chi connectivity index (χ0n) is 12.3. The molecule has 1 fully saturated rings. The largest absolute Gasteiger partial charge is 0.363 e. The number of nitrogens with two attached hydrogens (primary N) is 1. The van der Waals surface area contributed by atoms with Crippen molar-refractivity contribution in [3.8, 4) is 0 Å². The Morgan fingerprint density at radius 3 is 2.71 bits per heavy atom. The normalized spacial score (nSPS) is 14.3. The van der Waals surface area contributed by atoms with E-state index in [-0.39, 0.29) is 23.1 Å². The summed E-state index contributed by atoms with van der Waals surface area (Å²) in [6, 6.07) is 0.667. The number of nitrogens with one attached hydrogen (secondary N) is 2. The molecule has 0 aliphatic heterocycles. The first-order chi connectivity index (χ1) is 10.1. The standard InChI is InChI=1S/C12H21N7O2/c1-3-18(9-4-5-9)7-6-14-11-10(19(20)21)8(2)15-12(16-11)17-13/h9H,3-7,13H2,1-2H3,(H2,14,15,16,17). The molecule has 9 heteroatoms. The van der Waals surface area contributed by atoms with E-state index in [1.54, 1.807) is 6.92 Å². The molecule has 116 valence electrons. The molecule has 0 spiro atoms. The molecule has 0 aromatic carbocycles. The summed E-state index contributed by atoms with van der Waals surface area (Å²) in [5.41, 5.74) is 2.49. The molecule has 0 radical (unpaired) electrons. The third-order valence-electron chi connectivity index (χ3n) is 3.53. The molecule has 2 rings (SSSR count). The number of aromatic nitrogens is 2. The highest BCUT2D eigenvalue weighted by Crippen LogP contribution is 2.27. The van der Waals surface area contributed by atoms with Gasteiger partial charge in [-0.1, -0.05) is 6.92 Å². The fourth-order valence-corrected chi connectivity index (χ4v) is 2.33. The van der Waals surface area contributed by atoms with Crippen LogP contribution >= 0.6 is 0 Å². The van der Waals surface area contributed by atoms with E-state index in [4.69, 9.17) is 5.84 Å². The van der Waals surface area contributed by atoms with Crippen LogP contribution in [0.25, 0.3) is 0 Å². The molecular formula is C12H21N7O2. The first-order valence-electron chi connectivity index (χ1n) is 7.04. The van der Waals surface area contributed by atoms with Crippen molar-refractivity contribution in [2.24, 2.45) is 5.84 Å². The van der Waals surface area contributed by atoms with E-state index in [9.17, 15) is 10.1 Å². The van der Waals surface area contributed by atoms with Crippen LogP contribution in [-0.2, 0) is 0 Å². The summed E-state index contributed by atoms with van der Waals surface area (Å²) < 4.78 is 0. The number of aryl methyl sites for hydroxylation is 1. The predicted octanol–water partition coefficient (Wildman–Crippen LogP) is 0.875. The van der Waals surface area contributed by atoms with Crippen LogP contribution in [0.5, 0.6) is 0 Å². The molecule has 0 atom stereocenters. The van der Waals surface area contributed by atoms with Crippen molar-refractivity contribution in [1.29, 1.82) is 0 Å². The maximum atomic E-state index is 11.1. The van der Waals surface area contributed by atoms with Gasteiger partial charge in [0.2, 0.25) is 11.8 Å². The Morgan fingerprint density at radius 2 is 2.19 bits per heavy atom. The monoisotopic (exact) mass is 295 g/mol. The number of likely N-dealkylation sites (N-methyl/N-ethyl adjacent to an activating group) is 1. The third kappa shape index (κ3) is 3.76. The Morgan fingerprint density at radius 1 is 1.48 bits per heavy atom. The van der Waals surface area contributed by atoms with Gasteiger partial charge in [0.1, 0.15) is 5.69 Å². The van der Waals surface area contributed by atoms with Crippen molar-refractivity contribution >= 4 is 17.5 Å². The molecule has 1 aromatic heterocycles. The number of hydrogen-bond donors (Lipinski definition) is 3. The van der Waals surface area contributed by atoms with Crippen molar-refractivity contribution in [1.82, 2.24) is 14.9 Å². The van der Waals surface area contributed by atoms with E-state index in [1.807, 2.05) is 0 Å². The lowest BCUT2D eigenvalue weighted by molar-refractivity contribution is -0.385. The van der Waals surface area contributed by atoms with Crippen LogP contribution in [0.3, 0.4) is 0 Å². The van der Waals surface area contributed by atoms with Crippen LogP contribution in [0.4, 0.5) is 17.5 Å². The van der Waals surface area contributed by atoms with Gasteiger partial charge in [-0.25, -0.2) is 10.8 Å². The maximum Gasteiger partial charge on any atom is 0.332 e. The van der Waals surface area contributed by atoms with Crippen LogP contribution in [0.1, 0.15) is 25.5 Å². The van der Waals surface area contributed by atoms with Crippen LogP contribution in [0, 0.1) is 17.0 Å². The second kappa shape index (κ2) is 6.64. The summed E-state index contributed by atoms with van der Waals surface area (Å²) in [6.07, 6.45) is 2.48. The van der Waals surface area contributed by atoms with Gasteiger partial charge < -0.3 is 5.32 Å². The van der Waals surface area contributed by atoms with Crippen molar-refractivity contribution in [2.45, 2.75) is 32.7 Å². The summed E-state index contributed by atoms with van der Waals surface area (Å²) in [5.74, 6) is 5.64. The molecule has 0 bridgehead atoms. The second-order valence-electron chi connectivity index (χ2n) is 5.02. The van der Waals surface area contributed by atoms with E-state index in [0.717, 1.165) is 13.1 Å². The van der Waals surface area contributed by atoms with Gasteiger partial charge in [0, 0.05) is 19.1 Å². The zero-order valence-corrected chi connectivity index (χ0v) is 12.3. The Balaban J connectivity index is 2.06. The van der Waals surface area contributed by atoms with Gasteiger partial charge in [0.05, 0.1) is 4.92 Å². The quantitative estimate of drug-likeness (QED) is 0.367. The van der Waals surface area contributed by atoms with E-state index in [1.165, 1.54) is 12.8 Å². The number of hydrogen-bond acceptors (Lipinski definition) is 8. The van der Waals surface area contributed by atoms with Crippen molar-refractivity contribution in [3.05, 3.63) is 15.8 Å². The molecule has 0 unspecified atom stereocenters. The fourth-order valence-electron chi connectivity index (χ4n) is 2.33. The number of nitrogens with zero attached hydrogens (tertiary/aromatic N) is 4. The summed E-state index contributed by atoms with van der Waals surface area (Å²) >= 11 is 0. The van der Waals surface area contributed by atoms with Crippen LogP contribution in [0.15, 0.2) is 0 Å². The van der Waals surface area contributed by atoms with Gasteiger partial charge in [0.25, 0.3) is 0 Å². The first kappa shape index (κ1) is 15.4. The van der Waals surface area contributed by atoms with Crippen LogP contribution in [0.2, 0.25) is 0 Å². The predicted molar refractivity (Wildman–Crippen MR) is 80.0 cm³/mol. The van der Waals surface area contributed by atoms with E-state index in [2.05, 4.69) is 32.5 Å². The molecule has 0 amide bonds. The average molecular weight is 295 g/mol. The Labute approximate surface area is 123 Å². The minimum absolute atomic E-state index is 0.108. The summed E-state index contributed by atoms with van der Waals surface area (Å²) in [5, 5.41) is 14.2. The number of hydrazine groups is 1. The SMILES string of the molecule is CCN(CCNc1nc(NN)nc(C)c1[N+](=O)[O-])C1CC1.